The average molecular weight is 350 g/mol. The van der Waals surface area contributed by atoms with Crippen molar-refractivity contribution < 1.29 is 13.6 Å². The standard InChI is InChI=1S/C15H13F2N4O2P/c16-15(17,24)8-2-1-3-9(6-8)18-13(22)19-10-4-5-11-12(7-10)21-14(23)20-11/h1-7H,24H2,(H2,18,19,22)(H2,20,21,23). The molecular weight excluding hydrogens is 337 g/mol. The van der Waals surface area contributed by atoms with Crippen LogP contribution in [0.15, 0.2) is 47.3 Å². The van der Waals surface area contributed by atoms with Gasteiger partial charge in [-0.1, -0.05) is 21.4 Å². The maximum absolute atomic E-state index is 13.3. The Morgan fingerprint density at radius 2 is 1.67 bits per heavy atom. The van der Waals surface area contributed by atoms with E-state index in [1.807, 2.05) is 0 Å². The third-order valence-corrected chi connectivity index (χ3v) is 3.61. The Bertz CT molecular complexity index is 962. The summed E-state index contributed by atoms with van der Waals surface area (Å²) in [6.07, 6.45) is 0. The number of alkyl halides is 2. The van der Waals surface area contributed by atoms with E-state index in [0.717, 1.165) is 0 Å². The Morgan fingerprint density at radius 1 is 1.00 bits per heavy atom. The number of imidazole rings is 1. The van der Waals surface area contributed by atoms with E-state index in [1.54, 1.807) is 18.2 Å². The van der Waals surface area contributed by atoms with Crippen molar-refractivity contribution in [1.82, 2.24) is 9.97 Å². The van der Waals surface area contributed by atoms with Crippen molar-refractivity contribution in [3.63, 3.8) is 0 Å². The lowest BCUT2D eigenvalue weighted by molar-refractivity contribution is 0.104. The fraction of sp³-hybridized carbons (Fsp3) is 0.0667. The molecule has 124 valence electrons. The summed E-state index contributed by atoms with van der Waals surface area (Å²) < 4.78 is 26.5. The molecule has 0 bridgehead atoms. The number of hydrogen-bond donors (Lipinski definition) is 4. The highest BCUT2D eigenvalue weighted by atomic mass is 31.0. The third kappa shape index (κ3) is 3.60. The van der Waals surface area contributed by atoms with E-state index in [9.17, 15) is 18.4 Å². The second-order valence-electron chi connectivity index (χ2n) is 5.12. The molecule has 3 rings (SSSR count). The minimum atomic E-state index is -3.07. The first-order valence-electron chi connectivity index (χ1n) is 6.88. The number of aromatic amines is 2. The van der Waals surface area contributed by atoms with Gasteiger partial charge >= 0.3 is 11.7 Å². The zero-order valence-corrected chi connectivity index (χ0v) is 13.3. The van der Waals surface area contributed by atoms with Gasteiger partial charge in [-0.25, -0.2) is 9.59 Å². The topological polar surface area (TPSA) is 89.8 Å². The van der Waals surface area contributed by atoms with Crippen LogP contribution in [0.2, 0.25) is 0 Å². The molecule has 6 nitrogen and oxygen atoms in total. The Balaban J connectivity index is 1.74. The number of anilines is 2. The van der Waals surface area contributed by atoms with Crippen molar-refractivity contribution >= 4 is 37.7 Å². The number of rotatable bonds is 3. The van der Waals surface area contributed by atoms with E-state index in [4.69, 9.17) is 0 Å². The minimum Gasteiger partial charge on any atom is -0.308 e. The van der Waals surface area contributed by atoms with Crippen LogP contribution in [0.1, 0.15) is 5.56 Å². The first-order chi connectivity index (χ1) is 11.3. The second-order valence-corrected chi connectivity index (χ2v) is 5.85. The molecule has 24 heavy (non-hydrogen) atoms. The molecule has 9 heteroatoms. The molecule has 4 N–H and O–H groups in total. The van der Waals surface area contributed by atoms with Gasteiger partial charge in [0.25, 0.3) is 5.66 Å². The number of halogens is 2. The quantitative estimate of drug-likeness (QED) is 0.545. The van der Waals surface area contributed by atoms with Gasteiger partial charge in [0.1, 0.15) is 0 Å². The van der Waals surface area contributed by atoms with E-state index in [0.29, 0.717) is 16.7 Å². The molecule has 0 fully saturated rings. The summed E-state index contributed by atoms with van der Waals surface area (Å²) in [6, 6.07) is 9.64. The van der Waals surface area contributed by atoms with Gasteiger partial charge in [0.2, 0.25) is 0 Å². The number of carbonyl (C=O) groups is 1. The summed E-state index contributed by atoms with van der Waals surface area (Å²) >= 11 is 0. The van der Waals surface area contributed by atoms with Crippen LogP contribution in [-0.2, 0) is 5.66 Å². The van der Waals surface area contributed by atoms with E-state index < -0.39 is 11.7 Å². The summed E-state index contributed by atoms with van der Waals surface area (Å²) in [4.78, 5) is 28.4. The number of hydrogen-bond acceptors (Lipinski definition) is 2. The van der Waals surface area contributed by atoms with Crippen molar-refractivity contribution in [3.8, 4) is 0 Å². The highest BCUT2D eigenvalue weighted by Crippen LogP contribution is 2.35. The van der Waals surface area contributed by atoms with Crippen molar-refractivity contribution in [2.75, 3.05) is 10.6 Å². The van der Waals surface area contributed by atoms with Crippen LogP contribution in [0.3, 0.4) is 0 Å². The van der Waals surface area contributed by atoms with Crippen LogP contribution < -0.4 is 16.3 Å². The lowest BCUT2D eigenvalue weighted by Crippen LogP contribution is -2.19. The molecule has 3 aromatic rings. The minimum absolute atomic E-state index is 0.225. The predicted molar refractivity (Wildman–Crippen MR) is 91.6 cm³/mol. The number of amides is 2. The molecule has 0 aliphatic carbocycles. The monoisotopic (exact) mass is 350 g/mol. The normalized spacial score (nSPS) is 11.5. The number of nitrogens with one attached hydrogen (secondary N) is 4. The summed E-state index contributed by atoms with van der Waals surface area (Å²) in [7, 11) is 1.45. The predicted octanol–water partition coefficient (Wildman–Crippen LogP) is 3.42. The molecule has 1 atom stereocenters. The molecule has 1 heterocycles. The smallest absolute Gasteiger partial charge is 0.308 e. The molecule has 0 saturated heterocycles. The van der Waals surface area contributed by atoms with Crippen molar-refractivity contribution in [2.45, 2.75) is 5.66 Å². The molecule has 0 spiro atoms. The number of aromatic nitrogens is 2. The zero-order chi connectivity index (χ0) is 17.3. The Morgan fingerprint density at radius 3 is 2.38 bits per heavy atom. The average Bonchev–Trinajstić information content (AvgIpc) is 2.86. The maximum atomic E-state index is 13.3. The van der Waals surface area contributed by atoms with Crippen LogP contribution in [0.4, 0.5) is 25.0 Å². The summed E-state index contributed by atoms with van der Waals surface area (Å²) in [5.41, 5.74) is -1.80. The fourth-order valence-electron chi connectivity index (χ4n) is 2.21. The highest BCUT2D eigenvalue weighted by Gasteiger charge is 2.24. The summed E-state index contributed by atoms with van der Waals surface area (Å²) in [5, 5.41) is 5.06. The van der Waals surface area contributed by atoms with E-state index in [1.165, 1.54) is 33.5 Å². The zero-order valence-electron chi connectivity index (χ0n) is 12.2. The molecule has 0 aliphatic heterocycles. The molecule has 0 saturated carbocycles. The maximum Gasteiger partial charge on any atom is 0.323 e. The molecule has 2 aromatic carbocycles. The van der Waals surface area contributed by atoms with Gasteiger partial charge in [0.15, 0.2) is 0 Å². The fourth-order valence-corrected chi connectivity index (χ4v) is 2.39. The number of H-pyrrole nitrogens is 2. The molecular formula is C15H13F2N4O2P. The second kappa shape index (κ2) is 6.05. The number of benzene rings is 2. The van der Waals surface area contributed by atoms with Gasteiger partial charge in [0.05, 0.1) is 11.0 Å². The number of fused-ring (bicyclic) bond motifs is 1. The van der Waals surface area contributed by atoms with Gasteiger partial charge in [-0.15, -0.1) is 0 Å². The van der Waals surface area contributed by atoms with E-state index >= 15 is 0 Å². The highest BCUT2D eigenvalue weighted by molar-refractivity contribution is 7.17. The van der Waals surface area contributed by atoms with E-state index in [2.05, 4.69) is 20.6 Å². The summed E-state index contributed by atoms with van der Waals surface area (Å²) in [5.74, 6) is 0. The van der Waals surface area contributed by atoms with Gasteiger partial charge in [-0.2, -0.15) is 8.78 Å². The molecule has 2 amide bonds. The van der Waals surface area contributed by atoms with Gasteiger partial charge in [-0.3, -0.25) is 0 Å². The van der Waals surface area contributed by atoms with Crippen molar-refractivity contribution in [3.05, 3.63) is 58.5 Å². The number of urea groups is 1. The first kappa shape index (κ1) is 16.1. The van der Waals surface area contributed by atoms with Crippen LogP contribution in [0.5, 0.6) is 0 Å². The van der Waals surface area contributed by atoms with Crippen molar-refractivity contribution in [2.24, 2.45) is 0 Å². The van der Waals surface area contributed by atoms with Gasteiger partial charge < -0.3 is 20.6 Å². The third-order valence-electron chi connectivity index (χ3n) is 3.28. The summed E-state index contributed by atoms with van der Waals surface area (Å²) in [6.45, 7) is 0. The van der Waals surface area contributed by atoms with Crippen molar-refractivity contribution in [1.29, 1.82) is 0 Å². The van der Waals surface area contributed by atoms with E-state index in [-0.39, 0.29) is 16.9 Å². The Hall–Kier alpha value is -2.73. The first-order valence-corrected chi connectivity index (χ1v) is 7.46. The Kier molecular flexibility index (Phi) is 4.07. The Labute approximate surface area is 136 Å². The molecule has 1 unspecified atom stereocenters. The van der Waals surface area contributed by atoms with Crippen LogP contribution in [0, 0.1) is 0 Å². The molecule has 0 radical (unpaired) electrons. The molecule has 1 aromatic heterocycles. The SMILES string of the molecule is O=C(Nc1cccc(C(F)(F)P)c1)Nc1ccc2[nH]c(=O)[nH]c2c1. The lowest BCUT2D eigenvalue weighted by atomic mass is 10.2. The number of carbonyl (C=O) groups excluding carboxylic acids is 1. The largest absolute Gasteiger partial charge is 0.323 e. The van der Waals surface area contributed by atoms with Crippen LogP contribution in [0.25, 0.3) is 11.0 Å². The van der Waals surface area contributed by atoms with Gasteiger partial charge in [0, 0.05) is 16.9 Å². The lowest BCUT2D eigenvalue weighted by Gasteiger charge is -2.13. The van der Waals surface area contributed by atoms with Gasteiger partial charge in [-0.05, 0) is 30.3 Å². The molecule has 0 aliphatic rings. The van der Waals surface area contributed by atoms with Crippen LogP contribution >= 0.6 is 9.24 Å². The van der Waals surface area contributed by atoms with Crippen LogP contribution in [-0.4, -0.2) is 16.0 Å².